The molecule has 6 heteroatoms. The van der Waals surface area contributed by atoms with Gasteiger partial charge in [0.05, 0.1) is 25.4 Å². The summed E-state index contributed by atoms with van der Waals surface area (Å²) in [6, 6.07) is -0.647. The lowest BCUT2D eigenvalue weighted by molar-refractivity contribution is -0.143. The zero-order valence-electron chi connectivity index (χ0n) is 42.3. The summed E-state index contributed by atoms with van der Waals surface area (Å²) >= 11 is 0. The van der Waals surface area contributed by atoms with E-state index in [0.717, 1.165) is 77.0 Å². The van der Waals surface area contributed by atoms with Gasteiger partial charge in [0.25, 0.3) is 0 Å². The van der Waals surface area contributed by atoms with Crippen molar-refractivity contribution in [1.82, 2.24) is 5.32 Å². The van der Waals surface area contributed by atoms with Crippen LogP contribution in [0.4, 0.5) is 0 Å². The fourth-order valence-corrected chi connectivity index (χ4v) is 8.63. The molecule has 2 atom stereocenters. The topological polar surface area (TPSA) is 95.9 Å². The van der Waals surface area contributed by atoms with Crippen LogP contribution in [0.3, 0.4) is 0 Å². The molecule has 3 N–H and O–H groups in total. The Balaban J connectivity index is 3.53. The SMILES string of the molecule is CCCCCCCCCCCCCCCCCCCCCC/C=C/C(O)C(CO)NC(=O)CCCCCCC/C=C\CCCCCOC(=O)CCCCCCCCCCCCCC. The van der Waals surface area contributed by atoms with E-state index in [1.165, 1.54) is 199 Å². The quantitative estimate of drug-likeness (QED) is 0.0321. The highest BCUT2D eigenvalue weighted by molar-refractivity contribution is 5.76. The predicted octanol–water partition coefficient (Wildman–Crippen LogP) is 17.1. The molecule has 0 aliphatic rings. The number of aliphatic hydroxyl groups excluding tert-OH is 2. The largest absolute Gasteiger partial charge is 0.466 e. The first-order chi connectivity index (χ1) is 31.0. The molecule has 0 bridgehead atoms. The van der Waals surface area contributed by atoms with Crippen LogP contribution in [0.2, 0.25) is 0 Å². The fourth-order valence-electron chi connectivity index (χ4n) is 8.63. The highest BCUT2D eigenvalue weighted by Gasteiger charge is 2.18. The molecule has 0 saturated heterocycles. The van der Waals surface area contributed by atoms with Crippen LogP contribution in [0, 0.1) is 0 Å². The van der Waals surface area contributed by atoms with Gasteiger partial charge in [-0.2, -0.15) is 0 Å². The molecule has 0 fully saturated rings. The summed E-state index contributed by atoms with van der Waals surface area (Å²) < 4.78 is 5.44. The summed E-state index contributed by atoms with van der Waals surface area (Å²) in [4.78, 5) is 24.5. The van der Waals surface area contributed by atoms with Crippen LogP contribution in [-0.2, 0) is 14.3 Å². The number of unbranched alkanes of at least 4 members (excludes halogenated alkanes) is 39. The van der Waals surface area contributed by atoms with Crippen molar-refractivity contribution >= 4 is 11.9 Å². The zero-order valence-corrected chi connectivity index (χ0v) is 42.3. The molecule has 2 unspecified atom stereocenters. The van der Waals surface area contributed by atoms with Crippen molar-refractivity contribution in [3.8, 4) is 0 Å². The molecule has 0 heterocycles. The number of ether oxygens (including phenoxy) is 1. The number of rotatable bonds is 52. The average molecular weight is 889 g/mol. The number of amides is 1. The van der Waals surface area contributed by atoms with E-state index < -0.39 is 12.1 Å². The van der Waals surface area contributed by atoms with Crippen LogP contribution in [0.1, 0.15) is 303 Å². The Morgan fingerprint density at radius 1 is 0.429 bits per heavy atom. The first-order valence-corrected chi connectivity index (χ1v) is 28.1. The molecule has 0 aliphatic carbocycles. The van der Waals surface area contributed by atoms with E-state index in [-0.39, 0.29) is 18.5 Å². The van der Waals surface area contributed by atoms with Crippen molar-refractivity contribution in [3.63, 3.8) is 0 Å². The van der Waals surface area contributed by atoms with Gasteiger partial charge in [-0.15, -0.1) is 0 Å². The minimum Gasteiger partial charge on any atom is -0.466 e. The van der Waals surface area contributed by atoms with E-state index >= 15 is 0 Å². The van der Waals surface area contributed by atoms with E-state index in [2.05, 4.69) is 31.3 Å². The fraction of sp³-hybridized carbons (Fsp3) is 0.895. The molecule has 0 aliphatic heterocycles. The predicted molar refractivity (Wildman–Crippen MR) is 273 cm³/mol. The van der Waals surface area contributed by atoms with Crippen LogP contribution >= 0.6 is 0 Å². The minimum atomic E-state index is -0.861. The Hall–Kier alpha value is -1.66. The van der Waals surface area contributed by atoms with Gasteiger partial charge < -0.3 is 20.3 Å². The van der Waals surface area contributed by atoms with Gasteiger partial charge >= 0.3 is 5.97 Å². The van der Waals surface area contributed by atoms with E-state index in [0.29, 0.717) is 19.4 Å². The molecule has 0 aromatic carbocycles. The van der Waals surface area contributed by atoms with Crippen LogP contribution in [0.25, 0.3) is 0 Å². The summed E-state index contributed by atoms with van der Waals surface area (Å²) in [5.41, 5.74) is 0. The average Bonchev–Trinajstić information content (AvgIpc) is 3.28. The Bertz CT molecular complexity index is 982. The minimum absolute atomic E-state index is 0.0233. The lowest BCUT2D eigenvalue weighted by Crippen LogP contribution is -2.45. The van der Waals surface area contributed by atoms with Gasteiger partial charge in [-0.1, -0.05) is 250 Å². The van der Waals surface area contributed by atoms with E-state index in [9.17, 15) is 19.8 Å². The maximum Gasteiger partial charge on any atom is 0.305 e. The third-order valence-electron chi connectivity index (χ3n) is 13.0. The van der Waals surface area contributed by atoms with Gasteiger partial charge in [-0.3, -0.25) is 9.59 Å². The Morgan fingerprint density at radius 3 is 1.13 bits per heavy atom. The number of esters is 1. The maximum absolute atomic E-state index is 12.5. The number of hydrogen-bond acceptors (Lipinski definition) is 5. The van der Waals surface area contributed by atoms with E-state index in [1.54, 1.807) is 6.08 Å². The summed E-state index contributed by atoms with van der Waals surface area (Å²) in [7, 11) is 0. The monoisotopic (exact) mass is 888 g/mol. The van der Waals surface area contributed by atoms with Crippen molar-refractivity contribution in [2.45, 2.75) is 315 Å². The second-order valence-electron chi connectivity index (χ2n) is 19.3. The molecule has 372 valence electrons. The number of carbonyl (C=O) groups excluding carboxylic acids is 2. The van der Waals surface area contributed by atoms with E-state index in [1.807, 2.05) is 6.08 Å². The molecular weight excluding hydrogens is 779 g/mol. The molecule has 0 aromatic heterocycles. The highest BCUT2D eigenvalue weighted by Crippen LogP contribution is 2.17. The molecule has 0 rings (SSSR count). The second kappa shape index (κ2) is 53.0. The van der Waals surface area contributed by atoms with Crippen molar-refractivity contribution < 1.29 is 24.5 Å². The Labute approximate surface area is 392 Å². The summed E-state index contributed by atoms with van der Waals surface area (Å²) in [5, 5.41) is 23.1. The van der Waals surface area contributed by atoms with Crippen LogP contribution in [-0.4, -0.2) is 47.4 Å². The number of allylic oxidation sites excluding steroid dienone is 3. The molecule has 0 spiro atoms. The normalized spacial score (nSPS) is 12.8. The van der Waals surface area contributed by atoms with Gasteiger partial charge in [-0.05, 0) is 64.2 Å². The van der Waals surface area contributed by atoms with E-state index in [4.69, 9.17) is 4.74 Å². The van der Waals surface area contributed by atoms with Gasteiger partial charge in [0.1, 0.15) is 0 Å². The third kappa shape index (κ3) is 49.6. The summed E-state index contributed by atoms with van der Waals surface area (Å²) in [6.45, 7) is 4.86. The first-order valence-electron chi connectivity index (χ1n) is 28.1. The highest BCUT2D eigenvalue weighted by atomic mass is 16.5. The van der Waals surface area contributed by atoms with Gasteiger partial charge in [-0.25, -0.2) is 0 Å². The zero-order chi connectivity index (χ0) is 45.8. The Kier molecular flexibility index (Phi) is 51.6. The molecular formula is C57H109NO5. The molecule has 0 radical (unpaired) electrons. The smallest absolute Gasteiger partial charge is 0.305 e. The molecule has 63 heavy (non-hydrogen) atoms. The van der Waals surface area contributed by atoms with Crippen LogP contribution in [0.5, 0.6) is 0 Å². The lowest BCUT2D eigenvalue weighted by atomic mass is 10.0. The summed E-state index contributed by atoms with van der Waals surface area (Å²) in [6.07, 6.45) is 63.4. The van der Waals surface area contributed by atoms with Crippen molar-refractivity contribution in [3.05, 3.63) is 24.3 Å². The number of aliphatic hydroxyl groups is 2. The maximum atomic E-state index is 12.5. The summed E-state index contributed by atoms with van der Waals surface area (Å²) in [5.74, 6) is -0.115. The lowest BCUT2D eigenvalue weighted by Gasteiger charge is -2.20. The first kappa shape index (κ1) is 61.3. The number of carbonyl (C=O) groups is 2. The van der Waals surface area contributed by atoms with Gasteiger partial charge in [0, 0.05) is 12.8 Å². The van der Waals surface area contributed by atoms with Gasteiger partial charge in [0.15, 0.2) is 0 Å². The van der Waals surface area contributed by atoms with Gasteiger partial charge in [0.2, 0.25) is 5.91 Å². The second-order valence-corrected chi connectivity index (χ2v) is 19.3. The molecule has 1 amide bonds. The number of hydrogen-bond donors (Lipinski definition) is 3. The number of nitrogens with one attached hydrogen (secondary N) is 1. The molecule has 0 saturated carbocycles. The van der Waals surface area contributed by atoms with Crippen molar-refractivity contribution in [2.75, 3.05) is 13.2 Å². The van der Waals surface area contributed by atoms with Crippen LogP contribution < -0.4 is 5.32 Å². The standard InChI is InChI=1S/C57H109NO5/c1-3-5-7-9-11-13-15-17-18-19-20-21-22-23-24-25-26-29-33-37-41-45-49-55(60)54(53-59)58-56(61)50-46-42-38-34-30-27-28-32-36-40-44-48-52-63-57(62)51-47-43-39-35-31-16-14-12-10-8-6-4-2/h28,32,45,49,54-55,59-60H,3-27,29-31,33-44,46-48,50-53H2,1-2H3,(H,58,61)/b32-28-,49-45+. The Morgan fingerprint density at radius 2 is 0.746 bits per heavy atom. The van der Waals surface area contributed by atoms with Crippen molar-refractivity contribution in [2.24, 2.45) is 0 Å². The molecule has 0 aromatic rings. The third-order valence-corrected chi connectivity index (χ3v) is 13.0. The molecule has 6 nitrogen and oxygen atoms in total. The van der Waals surface area contributed by atoms with Crippen LogP contribution in [0.15, 0.2) is 24.3 Å². The van der Waals surface area contributed by atoms with Crippen molar-refractivity contribution in [1.29, 1.82) is 0 Å².